The van der Waals surface area contributed by atoms with Crippen LogP contribution in [0.25, 0.3) is 6.08 Å². The highest BCUT2D eigenvalue weighted by Crippen LogP contribution is 2.19. The molecule has 0 atom stereocenters. The first kappa shape index (κ1) is 13.3. The lowest BCUT2D eigenvalue weighted by atomic mass is 10.1. The van der Waals surface area contributed by atoms with Gasteiger partial charge in [-0.25, -0.2) is 0 Å². The van der Waals surface area contributed by atoms with Crippen LogP contribution in [0.15, 0.2) is 24.3 Å². The quantitative estimate of drug-likeness (QED) is 0.770. The molecule has 0 radical (unpaired) electrons. The van der Waals surface area contributed by atoms with E-state index in [9.17, 15) is 4.79 Å². The molecule has 0 aliphatic heterocycles. The monoisotopic (exact) mass is 249 g/mol. The van der Waals surface area contributed by atoms with E-state index in [1.165, 1.54) is 0 Å². The number of nitriles is 1. The number of benzene rings is 1. The van der Waals surface area contributed by atoms with Crippen molar-refractivity contribution in [2.75, 3.05) is 6.61 Å². The van der Waals surface area contributed by atoms with E-state index in [1.807, 2.05) is 6.07 Å². The van der Waals surface area contributed by atoms with E-state index in [2.05, 4.69) is 0 Å². The summed E-state index contributed by atoms with van der Waals surface area (Å²) in [5.74, 6) is -0.270. The first-order valence-electron chi connectivity index (χ1n) is 5.19. The molecule has 0 saturated heterocycles. The van der Waals surface area contributed by atoms with E-state index in [0.717, 1.165) is 5.56 Å². The zero-order valence-electron chi connectivity index (χ0n) is 9.44. The van der Waals surface area contributed by atoms with Crippen molar-refractivity contribution in [2.24, 2.45) is 0 Å². The van der Waals surface area contributed by atoms with Gasteiger partial charge < -0.3 is 4.74 Å². The van der Waals surface area contributed by atoms with E-state index in [4.69, 9.17) is 21.6 Å². The topological polar surface area (TPSA) is 50.1 Å². The standard InChI is InChI=1S/C13H12ClNO2/c1-2-17-13(16)5-3-4-11-7-6-10(9-15)8-12(11)14/h3-4,6-8H,2,5H2,1H3. The summed E-state index contributed by atoms with van der Waals surface area (Å²) in [7, 11) is 0. The summed E-state index contributed by atoms with van der Waals surface area (Å²) in [6.45, 7) is 2.14. The van der Waals surface area contributed by atoms with Crippen LogP contribution in [0.2, 0.25) is 5.02 Å². The maximum absolute atomic E-state index is 11.1. The molecule has 1 aromatic rings. The van der Waals surface area contributed by atoms with Crippen molar-refractivity contribution in [3.05, 3.63) is 40.4 Å². The van der Waals surface area contributed by atoms with Gasteiger partial charge in [0.15, 0.2) is 0 Å². The highest BCUT2D eigenvalue weighted by molar-refractivity contribution is 6.32. The molecule has 0 N–H and O–H groups in total. The molecule has 0 aliphatic rings. The van der Waals surface area contributed by atoms with Crippen molar-refractivity contribution in [3.63, 3.8) is 0 Å². The van der Waals surface area contributed by atoms with Gasteiger partial charge in [0.2, 0.25) is 0 Å². The number of carbonyl (C=O) groups excluding carboxylic acids is 1. The Morgan fingerprint density at radius 3 is 2.94 bits per heavy atom. The van der Waals surface area contributed by atoms with Gasteiger partial charge in [0.25, 0.3) is 0 Å². The Morgan fingerprint density at radius 1 is 1.59 bits per heavy atom. The zero-order valence-corrected chi connectivity index (χ0v) is 10.2. The summed E-state index contributed by atoms with van der Waals surface area (Å²) in [4.78, 5) is 11.1. The van der Waals surface area contributed by atoms with Crippen LogP contribution in [0.4, 0.5) is 0 Å². The Kier molecular flexibility index (Phi) is 5.25. The van der Waals surface area contributed by atoms with Crippen LogP contribution in [0, 0.1) is 11.3 Å². The molecular formula is C13H12ClNO2. The molecule has 0 saturated carbocycles. The Hall–Kier alpha value is -1.79. The smallest absolute Gasteiger partial charge is 0.309 e. The van der Waals surface area contributed by atoms with Crippen molar-refractivity contribution in [2.45, 2.75) is 13.3 Å². The molecule has 0 spiro atoms. The van der Waals surface area contributed by atoms with Gasteiger partial charge in [0.1, 0.15) is 0 Å². The number of esters is 1. The fraction of sp³-hybridized carbons (Fsp3) is 0.231. The molecule has 3 nitrogen and oxygen atoms in total. The van der Waals surface area contributed by atoms with Crippen LogP contribution in [-0.2, 0) is 9.53 Å². The molecule has 17 heavy (non-hydrogen) atoms. The lowest BCUT2D eigenvalue weighted by molar-refractivity contribution is -0.142. The van der Waals surface area contributed by atoms with E-state index in [1.54, 1.807) is 37.3 Å². The summed E-state index contributed by atoms with van der Waals surface area (Å²) in [5.41, 5.74) is 1.28. The second-order valence-electron chi connectivity index (χ2n) is 3.26. The van der Waals surface area contributed by atoms with Crippen molar-refractivity contribution in [1.29, 1.82) is 5.26 Å². The molecule has 88 valence electrons. The summed E-state index contributed by atoms with van der Waals surface area (Å²) >= 11 is 5.97. The second kappa shape index (κ2) is 6.72. The first-order valence-corrected chi connectivity index (χ1v) is 5.57. The third-order valence-electron chi connectivity index (χ3n) is 2.02. The summed E-state index contributed by atoms with van der Waals surface area (Å²) in [6.07, 6.45) is 3.63. The molecule has 0 amide bonds. The first-order chi connectivity index (χ1) is 8.17. The zero-order chi connectivity index (χ0) is 12.7. The third-order valence-corrected chi connectivity index (χ3v) is 2.34. The van der Waals surface area contributed by atoms with Gasteiger partial charge >= 0.3 is 5.97 Å². The fourth-order valence-corrected chi connectivity index (χ4v) is 1.48. The van der Waals surface area contributed by atoms with Crippen LogP contribution >= 0.6 is 11.6 Å². The average Bonchev–Trinajstić information content (AvgIpc) is 2.31. The van der Waals surface area contributed by atoms with Crippen LogP contribution < -0.4 is 0 Å². The molecule has 1 aromatic carbocycles. The van der Waals surface area contributed by atoms with Gasteiger partial charge in [-0.2, -0.15) is 5.26 Å². The minimum atomic E-state index is -0.270. The molecular weight excluding hydrogens is 238 g/mol. The highest BCUT2D eigenvalue weighted by Gasteiger charge is 2.00. The Balaban J connectivity index is 2.66. The maximum Gasteiger partial charge on any atom is 0.309 e. The maximum atomic E-state index is 11.1. The molecule has 0 unspecified atom stereocenters. The van der Waals surface area contributed by atoms with Crippen molar-refractivity contribution >= 4 is 23.6 Å². The van der Waals surface area contributed by atoms with Crippen LogP contribution in [0.3, 0.4) is 0 Å². The van der Waals surface area contributed by atoms with Gasteiger partial charge in [0, 0.05) is 5.02 Å². The predicted octanol–water partition coefficient (Wildman–Crippen LogP) is 3.18. The van der Waals surface area contributed by atoms with Crippen molar-refractivity contribution < 1.29 is 9.53 Å². The van der Waals surface area contributed by atoms with E-state index >= 15 is 0 Å². The summed E-state index contributed by atoms with van der Waals surface area (Å²) < 4.78 is 4.78. The SMILES string of the molecule is CCOC(=O)CC=Cc1ccc(C#N)cc1Cl. The minimum absolute atomic E-state index is 0.212. The van der Waals surface area contributed by atoms with E-state index in [0.29, 0.717) is 17.2 Å². The van der Waals surface area contributed by atoms with Crippen molar-refractivity contribution in [3.8, 4) is 6.07 Å². The number of carbonyl (C=O) groups is 1. The van der Waals surface area contributed by atoms with Crippen LogP contribution in [0.1, 0.15) is 24.5 Å². The molecule has 0 aliphatic carbocycles. The van der Waals surface area contributed by atoms with Crippen LogP contribution in [0.5, 0.6) is 0 Å². The molecule has 0 fully saturated rings. The van der Waals surface area contributed by atoms with Gasteiger partial charge in [0.05, 0.1) is 24.7 Å². The fourth-order valence-electron chi connectivity index (χ4n) is 1.23. The number of hydrogen-bond acceptors (Lipinski definition) is 3. The lowest BCUT2D eigenvalue weighted by Gasteiger charge is -1.99. The number of rotatable bonds is 4. The molecule has 4 heteroatoms. The largest absolute Gasteiger partial charge is 0.466 e. The second-order valence-corrected chi connectivity index (χ2v) is 3.67. The van der Waals surface area contributed by atoms with Gasteiger partial charge in [-0.3, -0.25) is 4.79 Å². The van der Waals surface area contributed by atoms with E-state index in [-0.39, 0.29) is 12.4 Å². The molecule has 0 aromatic heterocycles. The van der Waals surface area contributed by atoms with Crippen LogP contribution in [-0.4, -0.2) is 12.6 Å². The third kappa shape index (κ3) is 4.29. The highest BCUT2D eigenvalue weighted by atomic mass is 35.5. The molecule has 0 heterocycles. The molecule has 0 bridgehead atoms. The van der Waals surface area contributed by atoms with Gasteiger partial charge in [-0.1, -0.05) is 29.8 Å². The minimum Gasteiger partial charge on any atom is -0.466 e. The Bertz CT molecular complexity index is 475. The average molecular weight is 250 g/mol. The number of nitrogens with zero attached hydrogens (tertiary/aromatic N) is 1. The van der Waals surface area contributed by atoms with Gasteiger partial charge in [-0.15, -0.1) is 0 Å². The molecule has 1 rings (SSSR count). The van der Waals surface area contributed by atoms with E-state index < -0.39 is 0 Å². The van der Waals surface area contributed by atoms with Gasteiger partial charge in [-0.05, 0) is 24.6 Å². The number of hydrogen-bond donors (Lipinski definition) is 0. The summed E-state index contributed by atoms with van der Waals surface area (Å²) in [6, 6.07) is 7.01. The normalized spacial score (nSPS) is 10.2. The lowest BCUT2D eigenvalue weighted by Crippen LogP contribution is -2.01. The number of ether oxygens (including phenoxy) is 1. The predicted molar refractivity (Wildman–Crippen MR) is 66.5 cm³/mol. The van der Waals surface area contributed by atoms with Crippen molar-refractivity contribution in [1.82, 2.24) is 0 Å². The Morgan fingerprint density at radius 2 is 2.35 bits per heavy atom. The number of halogens is 1. The summed E-state index contributed by atoms with van der Waals surface area (Å²) in [5, 5.41) is 9.16. The Labute approximate surface area is 105 Å².